The van der Waals surface area contributed by atoms with Crippen LogP contribution in [-0.2, 0) is 19.4 Å². The minimum Gasteiger partial charge on any atom is -0.466 e. The molecule has 0 spiro atoms. The molecule has 116 valence electrons. The van der Waals surface area contributed by atoms with Gasteiger partial charge in [-0.3, -0.25) is 16.0 Å². The fraction of sp³-hybridized carbons (Fsp3) is 0.533. The summed E-state index contributed by atoms with van der Waals surface area (Å²) in [5.74, 6) is 7.59. The maximum absolute atomic E-state index is 5.78. The van der Waals surface area contributed by atoms with E-state index in [9.17, 15) is 0 Å². The van der Waals surface area contributed by atoms with Gasteiger partial charge in [0.25, 0.3) is 0 Å². The Hall–Kier alpha value is -1.11. The highest BCUT2D eigenvalue weighted by molar-refractivity contribution is 9.10. The van der Waals surface area contributed by atoms with Crippen molar-refractivity contribution in [3.8, 4) is 0 Å². The summed E-state index contributed by atoms with van der Waals surface area (Å²) in [5, 5.41) is 4.63. The predicted octanol–water partition coefficient (Wildman–Crippen LogP) is 3.18. The molecule has 6 heteroatoms. The van der Waals surface area contributed by atoms with Crippen LogP contribution >= 0.6 is 15.9 Å². The minimum absolute atomic E-state index is 0.00505. The molecule has 2 aromatic heterocycles. The van der Waals surface area contributed by atoms with Crippen LogP contribution in [0, 0.1) is 13.8 Å². The van der Waals surface area contributed by atoms with E-state index < -0.39 is 0 Å². The van der Waals surface area contributed by atoms with Gasteiger partial charge in [-0.2, -0.15) is 5.10 Å². The minimum atomic E-state index is 0.00505. The van der Waals surface area contributed by atoms with E-state index in [1.54, 1.807) is 0 Å². The molecule has 2 aromatic rings. The van der Waals surface area contributed by atoms with Crippen molar-refractivity contribution >= 4 is 15.9 Å². The second-order valence-corrected chi connectivity index (χ2v) is 5.96. The third kappa shape index (κ3) is 3.22. The molecule has 0 saturated heterocycles. The first kappa shape index (κ1) is 16.3. The largest absolute Gasteiger partial charge is 0.466 e. The van der Waals surface area contributed by atoms with Crippen LogP contribution in [0.25, 0.3) is 0 Å². The van der Waals surface area contributed by atoms with Crippen LogP contribution in [0.3, 0.4) is 0 Å². The lowest BCUT2D eigenvalue weighted by Gasteiger charge is -2.16. The van der Waals surface area contributed by atoms with Crippen molar-refractivity contribution in [2.45, 2.75) is 53.1 Å². The van der Waals surface area contributed by atoms with Crippen molar-refractivity contribution < 1.29 is 4.42 Å². The average Bonchev–Trinajstić information content (AvgIpc) is 2.95. The number of nitrogens with one attached hydrogen (secondary N) is 1. The number of hydrogen-bond acceptors (Lipinski definition) is 4. The lowest BCUT2D eigenvalue weighted by molar-refractivity contribution is 0.477. The number of nitrogens with zero attached hydrogens (tertiary/aromatic N) is 2. The molecule has 21 heavy (non-hydrogen) atoms. The second-order valence-electron chi connectivity index (χ2n) is 5.17. The smallest absolute Gasteiger partial charge is 0.105 e. The molecule has 0 saturated carbocycles. The van der Waals surface area contributed by atoms with Crippen LogP contribution < -0.4 is 11.3 Å². The number of halogens is 1. The van der Waals surface area contributed by atoms with E-state index in [1.807, 2.05) is 24.6 Å². The molecule has 0 aliphatic carbocycles. The maximum Gasteiger partial charge on any atom is 0.105 e. The van der Waals surface area contributed by atoms with Gasteiger partial charge in [0.05, 0.1) is 21.9 Å². The molecule has 2 heterocycles. The predicted molar refractivity (Wildman–Crippen MR) is 86.9 cm³/mol. The van der Waals surface area contributed by atoms with E-state index in [0.717, 1.165) is 52.3 Å². The Labute approximate surface area is 134 Å². The molecule has 1 atom stereocenters. The summed E-state index contributed by atoms with van der Waals surface area (Å²) in [6.45, 7) is 8.97. The number of rotatable bonds is 6. The second kappa shape index (κ2) is 6.77. The Bertz CT molecular complexity index is 617. The summed E-state index contributed by atoms with van der Waals surface area (Å²) in [7, 11) is 0. The zero-order valence-electron chi connectivity index (χ0n) is 13.0. The van der Waals surface area contributed by atoms with Gasteiger partial charge in [-0.25, -0.2) is 0 Å². The van der Waals surface area contributed by atoms with Crippen LogP contribution in [0.2, 0.25) is 0 Å². The molecule has 1 unspecified atom stereocenters. The maximum atomic E-state index is 5.78. The summed E-state index contributed by atoms with van der Waals surface area (Å²) >= 11 is 3.68. The van der Waals surface area contributed by atoms with E-state index in [2.05, 4.69) is 40.3 Å². The van der Waals surface area contributed by atoms with E-state index in [0.29, 0.717) is 0 Å². The number of furan rings is 1. The zero-order valence-corrected chi connectivity index (χ0v) is 14.6. The van der Waals surface area contributed by atoms with Gasteiger partial charge in [0.15, 0.2) is 0 Å². The Balaban J connectivity index is 2.35. The summed E-state index contributed by atoms with van der Waals surface area (Å²) in [4.78, 5) is 0. The Morgan fingerprint density at radius 2 is 2.14 bits per heavy atom. The van der Waals surface area contributed by atoms with Gasteiger partial charge in [-0.15, -0.1) is 0 Å². The summed E-state index contributed by atoms with van der Waals surface area (Å²) in [6.07, 6.45) is 1.67. The number of nitrogens with two attached hydrogens (primary N) is 1. The SMILES string of the molecule is CCc1nn(CC)c(CC(NN)c2cc(C)oc2C)c1Br. The fourth-order valence-corrected chi connectivity index (χ4v) is 3.39. The number of aromatic nitrogens is 2. The first-order valence-corrected chi connectivity index (χ1v) is 8.08. The summed E-state index contributed by atoms with van der Waals surface area (Å²) in [5.41, 5.74) is 6.25. The average molecular weight is 355 g/mol. The quantitative estimate of drug-likeness (QED) is 0.617. The molecule has 2 rings (SSSR count). The fourth-order valence-electron chi connectivity index (χ4n) is 2.66. The molecule has 0 amide bonds. The third-order valence-corrected chi connectivity index (χ3v) is 4.66. The van der Waals surface area contributed by atoms with E-state index in [-0.39, 0.29) is 6.04 Å². The van der Waals surface area contributed by atoms with Gasteiger partial charge in [-0.1, -0.05) is 6.92 Å². The number of hydrazine groups is 1. The first-order chi connectivity index (χ1) is 10.0. The van der Waals surface area contributed by atoms with Crippen LogP contribution in [-0.4, -0.2) is 9.78 Å². The third-order valence-electron chi connectivity index (χ3n) is 3.75. The normalized spacial score (nSPS) is 12.9. The van der Waals surface area contributed by atoms with Crippen molar-refractivity contribution in [3.05, 3.63) is 39.0 Å². The van der Waals surface area contributed by atoms with Crippen molar-refractivity contribution in [2.75, 3.05) is 0 Å². The van der Waals surface area contributed by atoms with Gasteiger partial charge >= 0.3 is 0 Å². The van der Waals surface area contributed by atoms with Gasteiger partial charge in [0.2, 0.25) is 0 Å². The van der Waals surface area contributed by atoms with Gasteiger partial charge in [0, 0.05) is 18.5 Å². The van der Waals surface area contributed by atoms with Crippen molar-refractivity contribution in [1.82, 2.24) is 15.2 Å². The van der Waals surface area contributed by atoms with Crippen molar-refractivity contribution in [2.24, 2.45) is 5.84 Å². The first-order valence-electron chi connectivity index (χ1n) is 7.28. The van der Waals surface area contributed by atoms with Crippen LogP contribution in [0.5, 0.6) is 0 Å². The van der Waals surface area contributed by atoms with Crippen molar-refractivity contribution in [3.63, 3.8) is 0 Å². The summed E-state index contributed by atoms with van der Waals surface area (Å²) < 4.78 is 8.74. The molecule has 0 fully saturated rings. The van der Waals surface area contributed by atoms with E-state index >= 15 is 0 Å². The number of aryl methyl sites for hydroxylation is 4. The Kier molecular flexibility index (Phi) is 5.24. The molecule has 3 N–H and O–H groups in total. The molecular formula is C15H23BrN4O. The van der Waals surface area contributed by atoms with E-state index in [4.69, 9.17) is 10.3 Å². The molecule has 0 aliphatic heterocycles. The lowest BCUT2D eigenvalue weighted by atomic mass is 10.0. The Morgan fingerprint density at radius 1 is 1.43 bits per heavy atom. The Morgan fingerprint density at radius 3 is 2.62 bits per heavy atom. The molecular weight excluding hydrogens is 332 g/mol. The monoisotopic (exact) mass is 354 g/mol. The molecule has 0 aliphatic rings. The molecule has 0 aromatic carbocycles. The highest BCUT2D eigenvalue weighted by Crippen LogP contribution is 2.29. The van der Waals surface area contributed by atoms with Crippen LogP contribution in [0.15, 0.2) is 15.0 Å². The standard InChI is InChI=1S/C15H23BrN4O/c1-5-12-15(16)14(20(6-2)19-12)8-13(18-17)11-7-9(3)21-10(11)4/h7,13,18H,5-6,8,17H2,1-4H3. The topological polar surface area (TPSA) is 69.0 Å². The highest BCUT2D eigenvalue weighted by atomic mass is 79.9. The van der Waals surface area contributed by atoms with Crippen LogP contribution in [0.4, 0.5) is 0 Å². The summed E-state index contributed by atoms with van der Waals surface area (Å²) in [6, 6.07) is 2.05. The highest BCUT2D eigenvalue weighted by Gasteiger charge is 2.21. The molecule has 0 radical (unpaired) electrons. The van der Waals surface area contributed by atoms with Crippen molar-refractivity contribution in [1.29, 1.82) is 0 Å². The van der Waals surface area contributed by atoms with Crippen LogP contribution in [0.1, 0.15) is 48.4 Å². The van der Waals surface area contributed by atoms with Gasteiger partial charge in [0.1, 0.15) is 11.5 Å². The zero-order chi connectivity index (χ0) is 15.6. The molecule has 5 nitrogen and oxygen atoms in total. The van der Waals surface area contributed by atoms with Gasteiger partial charge < -0.3 is 4.42 Å². The number of hydrogen-bond donors (Lipinski definition) is 2. The molecule has 0 bridgehead atoms. The lowest BCUT2D eigenvalue weighted by Crippen LogP contribution is -2.30. The van der Waals surface area contributed by atoms with Gasteiger partial charge in [-0.05, 0) is 49.2 Å². The van der Waals surface area contributed by atoms with E-state index in [1.165, 1.54) is 0 Å².